The van der Waals surface area contributed by atoms with Crippen LogP contribution in [-0.4, -0.2) is 33.8 Å². The number of carbonyl (C=O) groups is 2. The van der Waals surface area contributed by atoms with Crippen LogP contribution in [0.3, 0.4) is 0 Å². The number of hydrogen-bond acceptors (Lipinski definition) is 4. The van der Waals surface area contributed by atoms with Crippen molar-refractivity contribution in [3.05, 3.63) is 119 Å². The molecule has 1 aromatic heterocycles. The molecule has 0 spiro atoms. The largest absolute Gasteiger partial charge is 0.492 e. The molecule has 1 aliphatic rings. The van der Waals surface area contributed by atoms with Crippen molar-refractivity contribution in [3.63, 3.8) is 0 Å². The van der Waals surface area contributed by atoms with Gasteiger partial charge in [0.1, 0.15) is 12.4 Å². The van der Waals surface area contributed by atoms with Gasteiger partial charge in [-0.3, -0.25) is 14.5 Å². The Hall–Kier alpha value is -4.29. The van der Waals surface area contributed by atoms with Crippen molar-refractivity contribution in [3.8, 4) is 5.75 Å². The lowest BCUT2D eigenvalue weighted by atomic mass is 10.1. The van der Waals surface area contributed by atoms with E-state index in [4.69, 9.17) is 4.74 Å². The molecular formula is C32H26N2O3S. The van der Waals surface area contributed by atoms with E-state index in [-0.39, 0.29) is 24.3 Å². The van der Waals surface area contributed by atoms with Gasteiger partial charge in [-0.05, 0) is 70.9 Å². The van der Waals surface area contributed by atoms with E-state index in [9.17, 15) is 9.59 Å². The number of aryl methyl sites for hydroxylation is 1. The van der Waals surface area contributed by atoms with Crippen LogP contribution in [0.15, 0.2) is 102 Å². The van der Waals surface area contributed by atoms with Crippen LogP contribution in [0.25, 0.3) is 27.8 Å². The Labute approximate surface area is 225 Å². The van der Waals surface area contributed by atoms with Gasteiger partial charge >= 0.3 is 0 Å². The highest BCUT2D eigenvalue weighted by molar-refractivity contribution is 8.18. The summed E-state index contributed by atoms with van der Waals surface area (Å²) in [6, 6.07) is 30.7. The minimum absolute atomic E-state index is 0.208. The summed E-state index contributed by atoms with van der Waals surface area (Å²) < 4.78 is 7.96. The fourth-order valence-corrected chi connectivity index (χ4v) is 5.70. The number of aromatic nitrogens is 1. The third-order valence-corrected chi connectivity index (χ3v) is 7.63. The van der Waals surface area contributed by atoms with E-state index in [0.717, 1.165) is 39.5 Å². The monoisotopic (exact) mass is 518 g/mol. The van der Waals surface area contributed by atoms with Gasteiger partial charge in [0.2, 0.25) is 0 Å². The Morgan fingerprint density at radius 1 is 0.868 bits per heavy atom. The molecule has 5 aromatic rings. The Morgan fingerprint density at radius 2 is 1.68 bits per heavy atom. The number of ether oxygens (including phenoxy) is 1. The number of thioether (sulfide) groups is 1. The molecule has 0 atom stereocenters. The Morgan fingerprint density at radius 3 is 2.55 bits per heavy atom. The standard InChI is InChI=1S/C32H26N2O3S/c1-22-7-6-10-27(17-22)37-16-15-34-31(35)30(38-32(34)36)19-26-21-33(29-12-5-4-11-28(26)29)20-23-13-14-24-8-2-3-9-25(24)18-23/h2-14,17-19,21H,15-16,20H2,1H3/b30-19-. The van der Waals surface area contributed by atoms with Gasteiger partial charge in [0.15, 0.2) is 0 Å². The molecule has 0 bridgehead atoms. The van der Waals surface area contributed by atoms with Crippen molar-refractivity contribution < 1.29 is 14.3 Å². The number of carbonyl (C=O) groups excluding carboxylic acids is 2. The molecule has 4 aromatic carbocycles. The first-order valence-corrected chi connectivity index (χ1v) is 13.4. The molecule has 5 nitrogen and oxygen atoms in total. The van der Waals surface area contributed by atoms with Crippen LogP contribution in [0, 0.1) is 6.92 Å². The summed E-state index contributed by atoms with van der Waals surface area (Å²) in [7, 11) is 0. The molecule has 0 aliphatic carbocycles. The lowest BCUT2D eigenvalue weighted by Gasteiger charge is -2.13. The summed E-state index contributed by atoms with van der Waals surface area (Å²) in [5, 5.41) is 3.20. The van der Waals surface area contributed by atoms with Crippen LogP contribution in [0.5, 0.6) is 5.75 Å². The average molecular weight is 519 g/mol. The first-order valence-electron chi connectivity index (χ1n) is 12.6. The summed E-state index contributed by atoms with van der Waals surface area (Å²) in [4.78, 5) is 27.5. The Balaban J connectivity index is 1.23. The highest BCUT2D eigenvalue weighted by Gasteiger charge is 2.35. The van der Waals surface area contributed by atoms with Crippen LogP contribution < -0.4 is 4.74 Å². The van der Waals surface area contributed by atoms with Crippen molar-refractivity contribution in [1.82, 2.24) is 9.47 Å². The van der Waals surface area contributed by atoms with Crippen molar-refractivity contribution in [1.29, 1.82) is 0 Å². The van der Waals surface area contributed by atoms with E-state index in [1.807, 2.05) is 55.5 Å². The quantitative estimate of drug-likeness (QED) is 0.213. The first kappa shape index (κ1) is 24.1. The van der Waals surface area contributed by atoms with Crippen molar-refractivity contribution >= 4 is 50.7 Å². The van der Waals surface area contributed by atoms with Gasteiger partial charge in [-0.2, -0.15) is 0 Å². The number of imide groups is 1. The van der Waals surface area contributed by atoms with E-state index in [1.165, 1.54) is 21.2 Å². The minimum atomic E-state index is -0.279. The topological polar surface area (TPSA) is 51.5 Å². The Bertz CT molecular complexity index is 1720. The molecule has 2 amide bonds. The van der Waals surface area contributed by atoms with Gasteiger partial charge in [0.05, 0.1) is 11.4 Å². The molecule has 0 radical (unpaired) electrons. The number of rotatable bonds is 7. The van der Waals surface area contributed by atoms with Crippen molar-refractivity contribution in [2.75, 3.05) is 13.2 Å². The van der Waals surface area contributed by atoms with Crippen LogP contribution in [0.2, 0.25) is 0 Å². The molecule has 6 heteroatoms. The number of fused-ring (bicyclic) bond motifs is 2. The van der Waals surface area contributed by atoms with Gasteiger partial charge in [-0.1, -0.05) is 66.7 Å². The van der Waals surface area contributed by atoms with E-state index in [0.29, 0.717) is 11.4 Å². The van der Waals surface area contributed by atoms with Crippen LogP contribution in [0.4, 0.5) is 4.79 Å². The normalized spacial score (nSPS) is 14.8. The molecule has 188 valence electrons. The third kappa shape index (κ3) is 4.83. The second-order valence-corrected chi connectivity index (χ2v) is 10.4. The molecule has 1 aliphatic heterocycles. The Kier molecular flexibility index (Phi) is 6.48. The van der Waals surface area contributed by atoms with Gasteiger partial charge in [-0.25, -0.2) is 0 Å². The fourth-order valence-electron chi connectivity index (χ4n) is 4.85. The summed E-state index contributed by atoms with van der Waals surface area (Å²) in [5.74, 6) is 0.450. The molecule has 1 fully saturated rings. The van der Waals surface area contributed by atoms with Gasteiger partial charge < -0.3 is 9.30 Å². The molecule has 6 rings (SSSR count). The molecule has 38 heavy (non-hydrogen) atoms. The van der Waals surface area contributed by atoms with E-state index in [1.54, 1.807) is 0 Å². The predicted molar refractivity (Wildman–Crippen MR) is 154 cm³/mol. The molecular weight excluding hydrogens is 492 g/mol. The van der Waals surface area contributed by atoms with Gasteiger partial charge in [-0.15, -0.1) is 0 Å². The second-order valence-electron chi connectivity index (χ2n) is 9.41. The summed E-state index contributed by atoms with van der Waals surface area (Å²) in [6.07, 6.45) is 3.90. The zero-order chi connectivity index (χ0) is 26.1. The number of amides is 2. The van der Waals surface area contributed by atoms with E-state index in [2.05, 4.69) is 59.3 Å². The molecule has 0 N–H and O–H groups in total. The van der Waals surface area contributed by atoms with Gasteiger partial charge in [0, 0.05) is 29.2 Å². The van der Waals surface area contributed by atoms with Crippen molar-refractivity contribution in [2.24, 2.45) is 0 Å². The second kappa shape index (κ2) is 10.2. The molecule has 1 saturated heterocycles. The smallest absolute Gasteiger partial charge is 0.293 e. The van der Waals surface area contributed by atoms with Crippen LogP contribution >= 0.6 is 11.8 Å². The van der Waals surface area contributed by atoms with E-state index < -0.39 is 0 Å². The zero-order valence-corrected chi connectivity index (χ0v) is 21.8. The fraction of sp³-hybridized carbons (Fsp3) is 0.125. The SMILES string of the molecule is Cc1cccc(OCCN2C(=O)S/C(=C\c3cn(Cc4ccc5ccccc5c4)c4ccccc34)C2=O)c1. The van der Waals surface area contributed by atoms with Crippen molar-refractivity contribution in [2.45, 2.75) is 13.5 Å². The maximum Gasteiger partial charge on any atom is 0.293 e. The lowest BCUT2D eigenvalue weighted by molar-refractivity contribution is -0.123. The molecule has 2 heterocycles. The zero-order valence-electron chi connectivity index (χ0n) is 21.0. The molecule has 0 saturated carbocycles. The summed E-state index contributed by atoms with van der Waals surface area (Å²) in [5.41, 5.74) is 4.29. The van der Waals surface area contributed by atoms with E-state index >= 15 is 0 Å². The number of benzene rings is 4. The van der Waals surface area contributed by atoms with Crippen LogP contribution in [0.1, 0.15) is 16.7 Å². The number of para-hydroxylation sites is 1. The maximum absolute atomic E-state index is 13.1. The highest BCUT2D eigenvalue weighted by atomic mass is 32.2. The molecule has 0 unspecified atom stereocenters. The minimum Gasteiger partial charge on any atom is -0.492 e. The lowest BCUT2D eigenvalue weighted by Crippen LogP contribution is -2.32. The average Bonchev–Trinajstić information content (AvgIpc) is 3.40. The predicted octanol–water partition coefficient (Wildman–Crippen LogP) is 7.27. The third-order valence-electron chi connectivity index (χ3n) is 6.72. The summed E-state index contributed by atoms with van der Waals surface area (Å²) >= 11 is 0.982. The maximum atomic E-state index is 13.1. The van der Waals surface area contributed by atoms with Gasteiger partial charge in [0.25, 0.3) is 11.1 Å². The first-order chi connectivity index (χ1) is 18.5. The highest BCUT2D eigenvalue weighted by Crippen LogP contribution is 2.34. The summed E-state index contributed by atoms with van der Waals surface area (Å²) in [6.45, 7) is 3.16. The van der Waals surface area contributed by atoms with Crippen LogP contribution in [-0.2, 0) is 11.3 Å². The number of hydrogen-bond donors (Lipinski definition) is 0. The number of nitrogens with zero attached hydrogens (tertiary/aromatic N) is 2.